The number of pyridine rings is 1. The zero-order valence-corrected chi connectivity index (χ0v) is 13.5. The van der Waals surface area contributed by atoms with E-state index in [1.807, 2.05) is 4.98 Å². The number of H-pyrrole nitrogens is 1. The van der Waals surface area contributed by atoms with E-state index < -0.39 is 44.8 Å². The Morgan fingerprint density at radius 3 is 2.63 bits per heavy atom. The number of rotatable bonds is 4. The van der Waals surface area contributed by atoms with Gasteiger partial charge in [0.25, 0.3) is 0 Å². The molecule has 1 aromatic carbocycles. The van der Waals surface area contributed by atoms with Crippen LogP contribution in [0.15, 0.2) is 29.2 Å². The highest BCUT2D eigenvalue weighted by Crippen LogP contribution is 2.38. The van der Waals surface area contributed by atoms with E-state index in [1.165, 1.54) is 6.07 Å². The van der Waals surface area contributed by atoms with Crippen molar-refractivity contribution in [2.24, 2.45) is 0 Å². The highest BCUT2D eigenvalue weighted by Gasteiger charge is 2.36. The van der Waals surface area contributed by atoms with Gasteiger partial charge >= 0.3 is 11.9 Å². The molecule has 2 aromatic rings. The van der Waals surface area contributed by atoms with Crippen LogP contribution in [-0.2, 0) is 6.18 Å². The fourth-order valence-electron chi connectivity index (χ4n) is 2.29. The molecule has 0 atom stereocenters. The second kappa shape index (κ2) is 7.20. The Hall–Kier alpha value is -3.81. The maximum atomic E-state index is 13.2. The third kappa shape index (κ3) is 3.90. The van der Waals surface area contributed by atoms with Crippen molar-refractivity contribution < 1.29 is 27.9 Å². The molecule has 0 unspecified atom stereocenters. The van der Waals surface area contributed by atoms with Crippen molar-refractivity contribution in [3.63, 3.8) is 0 Å². The van der Waals surface area contributed by atoms with Crippen LogP contribution in [0.3, 0.4) is 0 Å². The second-order valence-corrected chi connectivity index (χ2v) is 5.11. The number of benzene rings is 1. The summed E-state index contributed by atoms with van der Waals surface area (Å²) in [5, 5.41) is 30.0. The molecule has 0 aliphatic carbocycles. The fourth-order valence-corrected chi connectivity index (χ4v) is 2.29. The van der Waals surface area contributed by atoms with Crippen LogP contribution in [0.5, 0.6) is 11.5 Å². The molecule has 27 heavy (non-hydrogen) atoms. The molecule has 0 aliphatic rings. The van der Waals surface area contributed by atoms with Gasteiger partial charge in [-0.1, -0.05) is 0 Å². The van der Waals surface area contributed by atoms with E-state index in [1.54, 1.807) is 0 Å². The number of allylic oxidation sites excluding steroid dienone is 1. The number of nitriles is 1. The Morgan fingerprint density at radius 2 is 2.11 bits per heavy atom. The zero-order valence-electron chi connectivity index (χ0n) is 13.5. The second-order valence-electron chi connectivity index (χ2n) is 5.11. The summed E-state index contributed by atoms with van der Waals surface area (Å²) >= 11 is 0. The van der Waals surface area contributed by atoms with Crippen molar-refractivity contribution >= 4 is 17.3 Å². The molecule has 1 aromatic heterocycles. The van der Waals surface area contributed by atoms with Gasteiger partial charge in [-0.25, -0.2) is 0 Å². The number of ether oxygens (including phenoxy) is 1. The van der Waals surface area contributed by atoms with Gasteiger partial charge in [-0.15, -0.1) is 0 Å². The van der Waals surface area contributed by atoms with Crippen LogP contribution in [0, 0.1) is 21.4 Å². The number of nitro groups is 1. The van der Waals surface area contributed by atoms with Crippen LogP contribution in [-0.4, -0.2) is 22.1 Å². The van der Waals surface area contributed by atoms with Gasteiger partial charge in [0.15, 0.2) is 11.2 Å². The van der Waals surface area contributed by atoms with Crippen molar-refractivity contribution in [1.82, 2.24) is 4.98 Å². The normalized spacial score (nSPS) is 11.7. The lowest BCUT2D eigenvalue weighted by Crippen LogP contribution is -2.19. The maximum Gasteiger partial charge on any atom is 0.432 e. The summed E-state index contributed by atoms with van der Waals surface area (Å²) in [7, 11) is 1.11. The number of halogens is 3. The van der Waals surface area contributed by atoms with Gasteiger partial charge in [-0.2, -0.15) is 18.4 Å². The van der Waals surface area contributed by atoms with E-state index in [-0.39, 0.29) is 11.3 Å². The molecule has 0 aliphatic heterocycles. The Balaban J connectivity index is 2.77. The average molecular weight is 381 g/mol. The van der Waals surface area contributed by atoms with E-state index >= 15 is 0 Å². The summed E-state index contributed by atoms with van der Waals surface area (Å²) in [6.07, 6.45) is -3.29. The van der Waals surface area contributed by atoms with Crippen LogP contribution in [0.4, 0.5) is 18.9 Å². The van der Waals surface area contributed by atoms with Crippen LogP contribution in [0.1, 0.15) is 16.8 Å². The average Bonchev–Trinajstić information content (AvgIpc) is 2.59. The van der Waals surface area contributed by atoms with E-state index in [0.29, 0.717) is 0 Å². The number of nitrogens with zero attached hydrogens (tertiary/aromatic N) is 2. The molecular formula is C16H10F3N3O5. The van der Waals surface area contributed by atoms with Crippen molar-refractivity contribution in [3.05, 3.63) is 61.6 Å². The van der Waals surface area contributed by atoms with E-state index in [0.717, 1.165) is 37.6 Å². The number of alkyl halides is 3. The van der Waals surface area contributed by atoms with Crippen LogP contribution >= 0.6 is 0 Å². The first-order valence-electron chi connectivity index (χ1n) is 7.06. The van der Waals surface area contributed by atoms with Gasteiger partial charge in [0.2, 0.25) is 5.75 Å². The number of nitro benzene ring substituents is 1. The topological polar surface area (TPSA) is 129 Å². The predicted octanol–water partition coefficient (Wildman–Crippen LogP) is 3.08. The van der Waals surface area contributed by atoms with Crippen molar-refractivity contribution in [1.29, 1.82) is 5.26 Å². The molecule has 11 heteroatoms. The van der Waals surface area contributed by atoms with Crippen molar-refractivity contribution in [3.8, 4) is 17.6 Å². The minimum Gasteiger partial charge on any atom is -0.500 e. The molecule has 0 bridgehead atoms. The number of aromatic amines is 1. The van der Waals surface area contributed by atoms with Crippen molar-refractivity contribution in [2.45, 2.75) is 6.18 Å². The third-order valence-corrected chi connectivity index (χ3v) is 3.44. The highest BCUT2D eigenvalue weighted by atomic mass is 19.4. The van der Waals surface area contributed by atoms with Gasteiger partial charge in [-0.3, -0.25) is 14.9 Å². The molecule has 0 fully saturated rings. The largest absolute Gasteiger partial charge is 0.500 e. The molecule has 2 N–H and O–H groups in total. The predicted molar refractivity (Wildman–Crippen MR) is 86.9 cm³/mol. The maximum absolute atomic E-state index is 13.2. The van der Waals surface area contributed by atoms with Crippen LogP contribution in [0.2, 0.25) is 0 Å². The number of phenols is 1. The number of phenolic OH excluding ortho intramolecular Hbond substituents is 1. The molecule has 0 saturated carbocycles. The van der Waals surface area contributed by atoms with Gasteiger partial charge < -0.3 is 14.8 Å². The first-order valence-corrected chi connectivity index (χ1v) is 7.06. The number of nitrogens with one attached hydrogen (secondary N) is 1. The Labute approximate surface area is 148 Å². The first-order chi connectivity index (χ1) is 12.6. The molecule has 0 radical (unpaired) electrons. The van der Waals surface area contributed by atoms with E-state index in [2.05, 4.69) is 0 Å². The van der Waals surface area contributed by atoms with E-state index in [4.69, 9.17) is 4.74 Å². The SMILES string of the molecule is COc1cc(/C=C(\C#N)c2c(C(F)(F)F)[nH]ccc2=O)cc([N+](=O)[O-])c1O. The Bertz CT molecular complexity index is 1040. The minimum absolute atomic E-state index is 0.121. The minimum atomic E-state index is -4.94. The number of hydrogen-bond donors (Lipinski definition) is 2. The monoisotopic (exact) mass is 381 g/mol. The van der Waals surface area contributed by atoms with Crippen LogP contribution < -0.4 is 10.2 Å². The van der Waals surface area contributed by atoms with Gasteiger partial charge in [0.05, 0.1) is 29.2 Å². The van der Waals surface area contributed by atoms with Crippen LogP contribution in [0.25, 0.3) is 11.6 Å². The summed E-state index contributed by atoms with van der Waals surface area (Å²) in [6, 6.07) is 4.21. The third-order valence-electron chi connectivity index (χ3n) is 3.44. The van der Waals surface area contributed by atoms with Gasteiger partial charge in [-0.05, 0) is 17.7 Å². The highest BCUT2D eigenvalue weighted by molar-refractivity contribution is 5.91. The Morgan fingerprint density at radius 1 is 1.44 bits per heavy atom. The summed E-state index contributed by atoms with van der Waals surface area (Å²) in [5.74, 6) is -1.11. The lowest BCUT2D eigenvalue weighted by atomic mass is 10.0. The first kappa shape index (κ1) is 19.5. The summed E-state index contributed by atoms with van der Waals surface area (Å²) < 4.78 is 44.3. The molecule has 0 amide bonds. The fraction of sp³-hybridized carbons (Fsp3) is 0.125. The quantitative estimate of drug-likeness (QED) is 0.476. The van der Waals surface area contributed by atoms with Crippen molar-refractivity contribution in [2.75, 3.05) is 7.11 Å². The molecular weight excluding hydrogens is 371 g/mol. The lowest BCUT2D eigenvalue weighted by molar-refractivity contribution is -0.386. The summed E-state index contributed by atoms with van der Waals surface area (Å²) in [6.45, 7) is 0. The molecule has 0 spiro atoms. The standard InChI is InChI=1S/C16H10F3N3O5/c1-27-12-6-8(5-10(14(12)24)22(25)26)4-9(7-20)13-11(23)2-3-21-15(13)16(17,18)19/h2-6,24H,1H3,(H,21,23)/b9-4+. The number of aromatic hydroxyl groups is 1. The molecule has 2 rings (SSSR count). The lowest BCUT2D eigenvalue weighted by Gasteiger charge is -2.11. The molecule has 8 nitrogen and oxygen atoms in total. The number of aromatic nitrogens is 1. The van der Waals surface area contributed by atoms with Gasteiger partial charge in [0, 0.05) is 18.3 Å². The summed E-state index contributed by atoms with van der Waals surface area (Å²) in [5.41, 5.74) is -4.99. The smallest absolute Gasteiger partial charge is 0.432 e. The Kier molecular flexibility index (Phi) is 5.21. The molecule has 0 saturated heterocycles. The number of hydrogen-bond acceptors (Lipinski definition) is 6. The molecule has 140 valence electrons. The van der Waals surface area contributed by atoms with E-state index in [9.17, 15) is 38.4 Å². The van der Waals surface area contributed by atoms with Gasteiger partial charge in [0.1, 0.15) is 5.69 Å². The zero-order chi connectivity index (χ0) is 20.4. The summed E-state index contributed by atoms with van der Waals surface area (Å²) in [4.78, 5) is 23.9. The number of methoxy groups -OCH3 is 1. The molecule has 1 heterocycles.